The maximum Gasteiger partial charge on any atom is 0.105 e. The third-order valence-electron chi connectivity index (χ3n) is 4.30. The Balaban J connectivity index is 1.89. The fourth-order valence-electron chi connectivity index (χ4n) is 3.11. The van der Waals surface area contributed by atoms with Crippen LogP contribution >= 0.6 is 11.6 Å². The van der Waals surface area contributed by atoms with Crippen LogP contribution < -0.4 is 0 Å². The Labute approximate surface area is 145 Å². The topological polar surface area (TPSA) is 36.0 Å². The van der Waals surface area contributed by atoms with E-state index in [1.54, 1.807) is 0 Å². The van der Waals surface area contributed by atoms with Gasteiger partial charge in [-0.15, -0.1) is 0 Å². The van der Waals surface area contributed by atoms with Crippen molar-refractivity contribution in [2.45, 2.75) is 6.10 Å². The van der Waals surface area contributed by atoms with Gasteiger partial charge < -0.3 is 10.1 Å². The summed E-state index contributed by atoms with van der Waals surface area (Å²) in [4.78, 5) is 3.28. The number of aliphatic hydroxyl groups is 1. The van der Waals surface area contributed by atoms with Crippen molar-refractivity contribution in [2.24, 2.45) is 0 Å². The fourth-order valence-corrected chi connectivity index (χ4v) is 3.28. The number of benzene rings is 3. The molecule has 4 rings (SSSR count). The van der Waals surface area contributed by atoms with Crippen LogP contribution in [0.25, 0.3) is 22.0 Å². The van der Waals surface area contributed by atoms with Gasteiger partial charge in [0, 0.05) is 27.7 Å². The molecule has 3 aromatic carbocycles. The van der Waals surface area contributed by atoms with Gasteiger partial charge in [-0.2, -0.15) is 0 Å². The Kier molecular flexibility index (Phi) is 3.85. The number of rotatable bonds is 3. The first kappa shape index (κ1) is 15.0. The highest BCUT2D eigenvalue weighted by atomic mass is 35.5. The molecule has 1 heterocycles. The van der Waals surface area contributed by atoms with Crippen molar-refractivity contribution in [2.75, 3.05) is 0 Å². The smallest absolute Gasteiger partial charge is 0.105 e. The third kappa shape index (κ3) is 2.60. The van der Waals surface area contributed by atoms with Gasteiger partial charge in [0.05, 0.1) is 0 Å². The molecule has 1 unspecified atom stereocenters. The second kappa shape index (κ2) is 6.16. The first-order chi connectivity index (χ1) is 11.7. The molecule has 0 saturated carbocycles. The van der Waals surface area contributed by atoms with E-state index in [-0.39, 0.29) is 0 Å². The average Bonchev–Trinajstić information content (AvgIpc) is 3.04. The summed E-state index contributed by atoms with van der Waals surface area (Å²) in [7, 11) is 0. The number of halogens is 1. The molecule has 4 aromatic rings. The Morgan fingerprint density at radius 2 is 1.58 bits per heavy atom. The maximum absolute atomic E-state index is 10.9. The van der Waals surface area contributed by atoms with Gasteiger partial charge in [0.2, 0.25) is 0 Å². The summed E-state index contributed by atoms with van der Waals surface area (Å²) in [5.74, 6) is 0. The summed E-state index contributed by atoms with van der Waals surface area (Å²) in [6.07, 6.45) is 1.30. The number of fused-ring (bicyclic) bond motifs is 1. The monoisotopic (exact) mass is 333 g/mol. The minimum absolute atomic E-state index is 0.675. The lowest BCUT2D eigenvalue weighted by molar-refractivity contribution is 0.221. The van der Waals surface area contributed by atoms with Crippen molar-refractivity contribution in [3.63, 3.8) is 0 Å². The van der Waals surface area contributed by atoms with Crippen LogP contribution in [-0.4, -0.2) is 10.1 Å². The van der Waals surface area contributed by atoms with E-state index in [1.807, 2.05) is 79.0 Å². The minimum atomic E-state index is -0.675. The zero-order chi connectivity index (χ0) is 16.5. The van der Waals surface area contributed by atoms with Crippen LogP contribution in [0.2, 0.25) is 5.02 Å². The summed E-state index contributed by atoms with van der Waals surface area (Å²) >= 11 is 6.17. The van der Waals surface area contributed by atoms with Crippen LogP contribution in [0, 0.1) is 0 Å². The van der Waals surface area contributed by atoms with Gasteiger partial charge in [-0.3, -0.25) is 0 Å². The number of hydrogen-bond acceptors (Lipinski definition) is 1. The summed E-state index contributed by atoms with van der Waals surface area (Å²) in [6.45, 7) is 0. The van der Waals surface area contributed by atoms with E-state index in [0.29, 0.717) is 5.02 Å². The van der Waals surface area contributed by atoms with Crippen molar-refractivity contribution in [1.82, 2.24) is 4.98 Å². The first-order valence-corrected chi connectivity index (χ1v) is 8.21. The molecule has 2 N–H and O–H groups in total. The van der Waals surface area contributed by atoms with Crippen molar-refractivity contribution in [3.8, 4) is 11.1 Å². The normalized spacial score (nSPS) is 12.4. The second-order valence-electron chi connectivity index (χ2n) is 5.79. The largest absolute Gasteiger partial charge is 0.384 e. The van der Waals surface area contributed by atoms with Crippen LogP contribution in [0.1, 0.15) is 17.2 Å². The Bertz CT molecular complexity index is 991. The zero-order valence-corrected chi connectivity index (χ0v) is 13.7. The molecule has 0 radical (unpaired) electrons. The van der Waals surface area contributed by atoms with E-state index < -0.39 is 6.10 Å². The maximum atomic E-state index is 10.9. The standard InChI is InChI=1S/C21H16ClNO/c22-15-10-11-20-18(12-15)19(13-23-20)16-8-4-5-9-17(16)21(24)14-6-2-1-3-7-14/h1-13,21,23-24H. The number of aliphatic hydroxyl groups excluding tert-OH is 1. The number of aromatic amines is 1. The summed E-state index contributed by atoms with van der Waals surface area (Å²) in [6, 6.07) is 23.4. The lowest BCUT2D eigenvalue weighted by Crippen LogP contribution is -2.01. The van der Waals surface area contributed by atoms with E-state index in [4.69, 9.17) is 11.6 Å². The van der Waals surface area contributed by atoms with E-state index in [2.05, 4.69) is 4.98 Å². The van der Waals surface area contributed by atoms with Crippen LogP contribution in [0.4, 0.5) is 0 Å². The number of nitrogens with one attached hydrogen (secondary N) is 1. The Morgan fingerprint density at radius 3 is 2.42 bits per heavy atom. The lowest BCUT2D eigenvalue weighted by Gasteiger charge is -2.16. The molecule has 1 atom stereocenters. The van der Waals surface area contributed by atoms with Crippen LogP contribution in [-0.2, 0) is 0 Å². The van der Waals surface area contributed by atoms with Crippen LogP contribution in [0.15, 0.2) is 79.0 Å². The van der Waals surface area contributed by atoms with E-state index in [1.165, 1.54) is 0 Å². The van der Waals surface area contributed by atoms with Gasteiger partial charge in [-0.1, -0.05) is 66.2 Å². The molecular formula is C21H16ClNO. The molecular weight excluding hydrogens is 318 g/mol. The number of aromatic nitrogens is 1. The molecule has 0 fully saturated rings. The van der Waals surface area contributed by atoms with E-state index >= 15 is 0 Å². The van der Waals surface area contributed by atoms with Crippen molar-refractivity contribution >= 4 is 22.5 Å². The summed E-state index contributed by atoms with van der Waals surface area (Å²) in [5.41, 5.74) is 4.83. The molecule has 1 aromatic heterocycles. The quantitative estimate of drug-likeness (QED) is 0.505. The molecule has 0 aliphatic carbocycles. The van der Waals surface area contributed by atoms with Crippen molar-refractivity contribution in [3.05, 3.63) is 95.1 Å². The number of hydrogen-bond donors (Lipinski definition) is 2. The Morgan fingerprint density at radius 1 is 0.833 bits per heavy atom. The fraction of sp³-hybridized carbons (Fsp3) is 0.0476. The molecule has 0 aliphatic heterocycles. The van der Waals surface area contributed by atoms with Gasteiger partial charge in [0.15, 0.2) is 0 Å². The zero-order valence-electron chi connectivity index (χ0n) is 12.9. The van der Waals surface area contributed by atoms with Gasteiger partial charge in [-0.25, -0.2) is 0 Å². The molecule has 3 heteroatoms. The molecule has 0 saturated heterocycles. The third-order valence-corrected chi connectivity index (χ3v) is 4.54. The Hall–Kier alpha value is -2.55. The van der Waals surface area contributed by atoms with Crippen molar-refractivity contribution in [1.29, 1.82) is 0 Å². The first-order valence-electron chi connectivity index (χ1n) is 7.83. The highest BCUT2D eigenvalue weighted by Gasteiger charge is 2.17. The second-order valence-corrected chi connectivity index (χ2v) is 6.23. The van der Waals surface area contributed by atoms with Gasteiger partial charge in [-0.05, 0) is 34.9 Å². The van der Waals surface area contributed by atoms with Gasteiger partial charge in [0.1, 0.15) is 6.10 Å². The minimum Gasteiger partial charge on any atom is -0.384 e. The highest BCUT2D eigenvalue weighted by Crippen LogP contribution is 2.36. The molecule has 24 heavy (non-hydrogen) atoms. The summed E-state index contributed by atoms with van der Waals surface area (Å²) in [5, 5.41) is 12.6. The average molecular weight is 334 g/mol. The predicted octanol–water partition coefficient (Wildman–Crippen LogP) is 5.57. The number of H-pyrrole nitrogens is 1. The van der Waals surface area contributed by atoms with Gasteiger partial charge in [0.25, 0.3) is 0 Å². The predicted molar refractivity (Wildman–Crippen MR) is 99.2 cm³/mol. The SMILES string of the molecule is OC(c1ccccc1)c1ccccc1-c1c[nH]c2ccc(Cl)cc12. The lowest BCUT2D eigenvalue weighted by atomic mass is 9.92. The van der Waals surface area contributed by atoms with Gasteiger partial charge >= 0.3 is 0 Å². The van der Waals surface area contributed by atoms with Crippen LogP contribution in [0.3, 0.4) is 0 Å². The van der Waals surface area contributed by atoms with E-state index in [9.17, 15) is 5.11 Å². The highest BCUT2D eigenvalue weighted by molar-refractivity contribution is 6.31. The van der Waals surface area contributed by atoms with Crippen LogP contribution in [0.5, 0.6) is 0 Å². The molecule has 118 valence electrons. The molecule has 0 bridgehead atoms. The molecule has 2 nitrogen and oxygen atoms in total. The van der Waals surface area contributed by atoms with E-state index in [0.717, 1.165) is 33.2 Å². The summed E-state index contributed by atoms with van der Waals surface area (Å²) < 4.78 is 0. The molecule has 0 amide bonds. The molecule has 0 aliphatic rings. The molecule has 0 spiro atoms. The van der Waals surface area contributed by atoms with Crippen molar-refractivity contribution < 1.29 is 5.11 Å².